The van der Waals surface area contributed by atoms with Crippen molar-refractivity contribution in [1.82, 2.24) is 4.57 Å². The van der Waals surface area contributed by atoms with Crippen molar-refractivity contribution in [2.75, 3.05) is 4.90 Å². The van der Waals surface area contributed by atoms with Gasteiger partial charge in [-0.2, -0.15) is 0 Å². The fourth-order valence-corrected chi connectivity index (χ4v) is 8.72. The Bertz CT molecular complexity index is 3250. The summed E-state index contributed by atoms with van der Waals surface area (Å²) in [4.78, 5) is 2.45. The number of fused-ring (bicyclic) bond motifs is 6. The second-order valence-corrected chi connectivity index (χ2v) is 14.5. The average molecular weight is 729 g/mol. The highest BCUT2D eigenvalue weighted by molar-refractivity contribution is 6.17. The van der Waals surface area contributed by atoms with Gasteiger partial charge in [0.15, 0.2) is 0 Å². The topological polar surface area (TPSA) is 21.3 Å². The van der Waals surface area contributed by atoms with Crippen molar-refractivity contribution in [3.8, 4) is 39.1 Å². The summed E-state index contributed by atoms with van der Waals surface area (Å²) in [7, 11) is 0. The summed E-state index contributed by atoms with van der Waals surface area (Å²) in [6, 6.07) is 78.1. The molecule has 0 N–H and O–H groups in total. The number of furan rings is 1. The number of hydrogen-bond donors (Lipinski definition) is 0. The molecule has 0 aliphatic carbocycles. The van der Waals surface area contributed by atoms with Gasteiger partial charge in [-0.15, -0.1) is 0 Å². The Hall–Kier alpha value is -7.62. The van der Waals surface area contributed by atoms with Gasteiger partial charge in [-0.3, -0.25) is 0 Å². The van der Waals surface area contributed by atoms with Gasteiger partial charge >= 0.3 is 0 Å². The minimum absolute atomic E-state index is 0.885. The Morgan fingerprint density at radius 2 is 0.930 bits per heavy atom. The Labute approximate surface area is 330 Å². The van der Waals surface area contributed by atoms with Gasteiger partial charge in [0.1, 0.15) is 11.2 Å². The Morgan fingerprint density at radius 1 is 0.368 bits per heavy atom. The van der Waals surface area contributed by atoms with Crippen LogP contribution in [-0.4, -0.2) is 4.57 Å². The molecule has 3 nitrogen and oxygen atoms in total. The number of rotatable bonds is 7. The van der Waals surface area contributed by atoms with Crippen molar-refractivity contribution in [3.63, 3.8) is 0 Å². The second-order valence-electron chi connectivity index (χ2n) is 14.5. The Balaban J connectivity index is 1.21. The molecule has 0 spiro atoms. The molecule has 0 bridgehead atoms. The van der Waals surface area contributed by atoms with Crippen molar-refractivity contribution >= 4 is 60.8 Å². The predicted molar refractivity (Wildman–Crippen MR) is 239 cm³/mol. The van der Waals surface area contributed by atoms with Crippen LogP contribution in [0.2, 0.25) is 0 Å². The van der Waals surface area contributed by atoms with Crippen molar-refractivity contribution in [3.05, 3.63) is 218 Å². The first kappa shape index (κ1) is 32.8. The fourth-order valence-electron chi connectivity index (χ4n) is 8.72. The SMILES string of the molecule is c1ccc(-c2ccccc2-c2cccc(N(c3ccccc3-c3cccc4c3oc3ccccc34)c3cccc4c3c3ccccc3n4-c3ccccc3)c2)cc1. The largest absolute Gasteiger partial charge is 0.455 e. The molecule has 0 aliphatic rings. The molecule has 268 valence electrons. The monoisotopic (exact) mass is 728 g/mol. The van der Waals surface area contributed by atoms with Gasteiger partial charge < -0.3 is 13.9 Å². The molecule has 0 saturated heterocycles. The molecule has 0 amide bonds. The highest BCUT2D eigenvalue weighted by Gasteiger charge is 2.25. The second kappa shape index (κ2) is 13.6. The lowest BCUT2D eigenvalue weighted by molar-refractivity contribution is 0.670. The average Bonchev–Trinajstić information content (AvgIpc) is 3.84. The van der Waals surface area contributed by atoms with Gasteiger partial charge in [-0.1, -0.05) is 164 Å². The van der Waals surface area contributed by atoms with E-state index in [4.69, 9.17) is 4.42 Å². The van der Waals surface area contributed by atoms with Gasteiger partial charge in [0.25, 0.3) is 0 Å². The van der Waals surface area contributed by atoms with Gasteiger partial charge in [-0.25, -0.2) is 0 Å². The molecule has 0 aliphatic heterocycles. The summed E-state index contributed by atoms with van der Waals surface area (Å²) in [6.07, 6.45) is 0. The van der Waals surface area contributed by atoms with E-state index in [9.17, 15) is 0 Å². The van der Waals surface area contributed by atoms with Crippen LogP contribution in [0.5, 0.6) is 0 Å². The molecule has 0 radical (unpaired) electrons. The van der Waals surface area contributed by atoms with Gasteiger partial charge in [0, 0.05) is 44.0 Å². The van der Waals surface area contributed by atoms with Crippen molar-refractivity contribution in [2.24, 2.45) is 0 Å². The van der Waals surface area contributed by atoms with Crippen LogP contribution in [0.4, 0.5) is 17.1 Å². The summed E-state index contributed by atoms with van der Waals surface area (Å²) < 4.78 is 9.06. The van der Waals surface area contributed by atoms with E-state index in [0.29, 0.717) is 0 Å². The molecule has 11 aromatic rings. The summed E-state index contributed by atoms with van der Waals surface area (Å²) >= 11 is 0. The molecule has 0 unspecified atom stereocenters. The molecule has 0 saturated carbocycles. The molecular formula is C54H36N2O. The van der Waals surface area contributed by atoms with E-state index in [0.717, 1.165) is 72.4 Å². The standard InChI is InChI=1S/C54H36N2O/c1-3-18-37(19-4-1)41-24-7-8-25-42(41)38-20-15-23-40(36-38)56(48-31-12-9-26-43(48)45-29-16-30-46-44-27-11-14-35-52(44)57-54(45)46)51-34-17-33-50-53(51)47-28-10-13-32-49(47)55(50)39-21-5-2-6-22-39/h1-36H. The lowest BCUT2D eigenvalue weighted by Crippen LogP contribution is -2.12. The van der Waals surface area contributed by atoms with Crippen molar-refractivity contribution in [1.29, 1.82) is 0 Å². The van der Waals surface area contributed by atoms with E-state index in [1.165, 1.54) is 27.5 Å². The van der Waals surface area contributed by atoms with Gasteiger partial charge in [0.2, 0.25) is 0 Å². The van der Waals surface area contributed by atoms with Crippen LogP contribution in [0.1, 0.15) is 0 Å². The molecule has 0 atom stereocenters. The van der Waals surface area contributed by atoms with E-state index in [-0.39, 0.29) is 0 Å². The minimum atomic E-state index is 0.885. The molecular weight excluding hydrogens is 693 g/mol. The molecule has 11 rings (SSSR count). The van der Waals surface area contributed by atoms with Crippen LogP contribution >= 0.6 is 0 Å². The number of benzene rings is 9. The zero-order valence-corrected chi connectivity index (χ0v) is 31.1. The van der Waals surface area contributed by atoms with Crippen molar-refractivity contribution in [2.45, 2.75) is 0 Å². The van der Waals surface area contributed by atoms with Crippen LogP contribution < -0.4 is 4.90 Å². The van der Waals surface area contributed by atoms with Crippen LogP contribution in [0.25, 0.3) is 82.8 Å². The minimum Gasteiger partial charge on any atom is -0.455 e. The maximum Gasteiger partial charge on any atom is 0.143 e. The third kappa shape index (κ3) is 5.43. The summed E-state index contributed by atoms with van der Waals surface area (Å²) in [5.41, 5.74) is 15.3. The normalized spacial score (nSPS) is 11.5. The molecule has 2 heterocycles. The highest BCUT2D eigenvalue weighted by Crippen LogP contribution is 2.48. The number of hydrogen-bond acceptors (Lipinski definition) is 2. The smallest absolute Gasteiger partial charge is 0.143 e. The maximum atomic E-state index is 6.67. The number of nitrogens with zero attached hydrogens (tertiary/aromatic N) is 2. The third-order valence-electron chi connectivity index (χ3n) is 11.2. The quantitative estimate of drug-likeness (QED) is 0.163. The van der Waals surface area contributed by atoms with Crippen LogP contribution in [0.15, 0.2) is 223 Å². The fraction of sp³-hybridized carbons (Fsp3) is 0. The van der Waals surface area contributed by atoms with E-state index in [1.54, 1.807) is 0 Å². The summed E-state index contributed by atoms with van der Waals surface area (Å²) in [6.45, 7) is 0. The Kier molecular flexibility index (Phi) is 7.82. The number of anilines is 3. The van der Waals surface area contributed by atoms with E-state index in [1.807, 2.05) is 6.07 Å². The zero-order chi connectivity index (χ0) is 37.7. The first-order valence-electron chi connectivity index (χ1n) is 19.4. The van der Waals surface area contributed by atoms with Crippen molar-refractivity contribution < 1.29 is 4.42 Å². The van der Waals surface area contributed by atoms with Crippen LogP contribution in [0.3, 0.4) is 0 Å². The highest BCUT2D eigenvalue weighted by atomic mass is 16.3. The van der Waals surface area contributed by atoms with E-state index >= 15 is 0 Å². The molecule has 0 fully saturated rings. The Morgan fingerprint density at radius 3 is 1.77 bits per heavy atom. The molecule has 3 heteroatoms. The summed E-state index contributed by atoms with van der Waals surface area (Å²) in [5.74, 6) is 0. The first-order chi connectivity index (χ1) is 28.3. The first-order valence-corrected chi connectivity index (χ1v) is 19.4. The summed E-state index contributed by atoms with van der Waals surface area (Å²) in [5, 5.41) is 4.60. The molecule has 9 aromatic carbocycles. The zero-order valence-electron chi connectivity index (χ0n) is 31.1. The predicted octanol–water partition coefficient (Wildman–Crippen LogP) is 15.2. The van der Waals surface area contributed by atoms with E-state index < -0.39 is 0 Å². The van der Waals surface area contributed by atoms with E-state index in [2.05, 4.69) is 222 Å². The van der Waals surface area contributed by atoms with Gasteiger partial charge in [0.05, 0.1) is 22.4 Å². The maximum absolute atomic E-state index is 6.67. The molecule has 57 heavy (non-hydrogen) atoms. The van der Waals surface area contributed by atoms with Crippen LogP contribution in [-0.2, 0) is 0 Å². The van der Waals surface area contributed by atoms with Crippen LogP contribution in [0, 0.1) is 0 Å². The number of para-hydroxylation sites is 5. The van der Waals surface area contributed by atoms with Gasteiger partial charge in [-0.05, 0) is 76.9 Å². The third-order valence-corrected chi connectivity index (χ3v) is 11.2. The molecule has 2 aromatic heterocycles. The lowest BCUT2D eigenvalue weighted by Gasteiger charge is -2.29. The lowest BCUT2D eigenvalue weighted by atomic mass is 9.94. The number of aromatic nitrogens is 1.